The van der Waals surface area contributed by atoms with E-state index in [2.05, 4.69) is 21.1 Å². The van der Waals surface area contributed by atoms with Crippen LogP contribution in [0.1, 0.15) is 11.3 Å². The maximum absolute atomic E-state index is 12.6. The second kappa shape index (κ2) is 6.36. The van der Waals surface area contributed by atoms with Gasteiger partial charge in [0.15, 0.2) is 5.58 Å². The van der Waals surface area contributed by atoms with Crippen molar-refractivity contribution in [3.05, 3.63) is 57.8 Å². The number of alkyl halides is 4. The smallest absolute Gasteiger partial charge is 0.416 e. The number of hydrogen-bond donors (Lipinski definition) is 0. The zero-order valence-electron chi connectivity index (χ0n) is 12.2. The van der Waals surface area contributed by atoms with Crippen molar-refractivity contribution in [3.8, 4) is 11.5 Å². The Balaban J connectivity index is 2.00. The van der Waals surface area contributed by atoms with E-state index in [1.165, 1.54) is 12.1 Å². The predicted octanol–water partition coefficient (Wildman–Crippen LogP) is 5.44. The van der Waals surface area contributed by atoms with Gasteiger partial charge in [-0.3, -0.25) is 10.1 Å². The minimum absolute atomic E-state index is 0.0238. The highest BCUT2D eigenvalue weighted by Crippen LogP contribution is 2.37. The molecule has 0 amide bonds. The van der Waals surface area contributed by atoms with Gasteiger partial charge in [0, 0.05) is 17.5 Å². The Morgan fingerprint density at radius 1 is 1.24 bits per heavy atom. The number of halogens is 4. The lowest BCUT2D eigenvalue weighted by molar-refractivity contribution is -0.385. The Morgan fingerprint density at radius 3 is 2.48 bits per heavy atom. The monoisotopic (exact) mass is 416 g/mol. The van der Waals surface area contributed by atoms with Gasteiger partial charge in [0.1, 0.15) is 11.4 Å². The zero-order chi connectivity index (χ0) is 18.2. The Morgan fingerprint density at radius 2 is 1.92 bits per heavy atom. The van der Waals surface area contributed by atoms with Crippen LogP contribution < -0.4 is 4.74 Å². The molecule has 0 saturated carbocycles. The van der Waals surface area contributed by atoms with Gasteiger partial charge in [0.25, 0.3) is 0 Å². The highest BCUT2D eigenvalue weighted by molar-refractivity contribution is 9.08. The summed E-state index contributed by atoms with van der Waals surface area (Å²) >= 11 is 3.20. The van der Waals surface area contributed by atoms with Gasteiger partial charge in [-0.05, 0) is 24.3 Å². The Bertz CT molecular complexity index is 938. The molecule has 0 N–H and O–H groups in total. The molecule has 3 rings (SSSR count). The highest BCUT2D eigenvalue weighted by Gasteiger charge is 2.30. The molecular formula is C15H8BrF3N2O4. The van der Waals surface area contributed by atoms with Crippen LogP contribution in [0.3, 0.4) is 0 Å². The van der Waals surface area contributed by atoms with Crippen molar-refractivity contribution < 1.29 is 27.4 Å². The molecular weight excluding hydrogens is 409 g/mol. The fraction of sp³-hybridized carbons (Fsp3) is 0.133. The maximum atomic E-state index is 12.6. The van der Waals surface area contributed by atoms with Crippen LogP contribution in [-0.2, 0) is 11.5 Å². The molecule has 130 valence electrons. The summed E-state index contributed by atoms with van der Waals surface area (Å²) in [5.74, 6) is -0.134. The minimum Gasteiger partial charge on any atom is -0.450 e. The summed E-state index contributed by atoms with van der Waals surface area (Å²) in [7, 11) is 0. The van der Waals surface area contributed by atoms with E-state index in [1.807, 2.05) is 0 Å². The van der Waals surface area contributed by atoms with Gasteiger partial charge in [-0.25, -0.2) is 0 Å². The van der Waals surface area contributed by atoms with Crippen molar-refractivity contribution in [1.29, 1.82) is 0 Å². The van der Waals surface area contributed by atoms with Crippen LogP contribution in [0.2, 0.25) is 0 Å². The quantitative estimate of drug-likeness (QED) is 0.321. The summed E-state index contributed by atoms with van der Waals surface area (Å²) in [6, 6.07) is 6.36. The fourth-order valence-corrected chi connectivity index (χ4v) is 2.57. The van der Waals surface area contributed by atoms with E-state index in [4.69, 9.17) is 9.26 Å². The van der Waals surface area contributed by atoms with Crippen LogP contribution in [-0.4, -0.2) is 10.1 Å². The average molecular weight is 417 g/mol. The number of nitro groups is 1. The van der Waals surface area contributed by atoms with Gasteiger partial charge in [0.2, 0.25) is 5.75 Å². The summed E-state index contributed by atoms with van der Waals surface area (Å²) in [4.78, 5) is 10.6. The summed E-state index contributed by atoms with van der Waals surface area (Å²) in [6.45, 7) is 0. The number of ether oxygens (including phenoxy) is 1. The molecule has 1 aromatic heterocycles. The summed E-state index contributed by atoms with van der Waals surface area (Å²) in [5, 5.41) is 15.8. The normalized spacial score (nSPS) is 11.7. The van der Waals surface area contributed by atoms with E-state index < -0.39 is 16.7 Å². The first-order chi connectivity index (χ1) is 11.8. The van der Waals surface area contributed by atoms with Crippen molar-refractivity contribution in [2.45, 2.75) is 11.5 Å². The molecule has 6 nitrogen and oxygen atoms in total. The summed E-state index contributed by atoms with van der Waals surface area (Å²) < 4.78 is 48.2. The molecule has 0 aliphatic rings. The third-order valence-corrected chi connectivity index (χ3v) is 3.89. The molecule has 1 heterocycles. The molecule has 0 spiro atoms. The van der Waals surface area contributed by atoms with Crippen LogP contribution in [0, 0.1) is 10.1 Å². The molecule has 0 atom stereocenters. The first kappa shape index (κ1) is 17.2. The number of benzene rings is 2. The Labute approximate surface area is 146 Å². The van der Waals surface area contributed by atoms with Crippen molar-refractivity contribution >= 4 is 32.6 Å². The van der Waals surface area contributed by atoms with Crippen LogP contribution >= 0.6 is 15.9 Å². The van der Waals surface area contributed by atoms with Gasteiger partial charge < -0.3 is 9.26 Å². The molecule has 10 heteroatoms. The molecule has 0 bridgehead atoms. The van der Waals surface area contributed by atoms with Gasteiger partial charge in [0.05, 0.1) is 15.9 Å². The molecule has 3 aromatic rings. The van der Waals surface area contributed by atoms with Gasteiger partial charge in [-0.1, -0.05) is 21.1 Å². The van der Waals surface area contributed by atoms with E-state index in [0.29, 0.717) is 16.4 Å². The maximum Gasteiger partial charge on any atom is 0.416 e. The van der Waals surface area contributed by atoms with Crippen LogP contribution in [0.15, 0.2) is 40.9 Å². The first-order valence-corrected chi connectivity index (χ1v) is 7.89. The third-order valence-electron chi connectivity index (χ3n) is 3.36. The lowest BCUT2D eigenvalue weighted by atomic mass is 10.2. The molecule has 0 aliphatic heterocycles. The molecule has 0 radical (unpaired) electrons. The molecule has 0 fully saturated rings. The van der Waals surface area contributed by atoms with E-state index in [1.54, 1.807) is 0 Å². The number of rotatable bonds is 4. The second-order valence-electron chi connectivity index (χ2n) is 4.96. The molecule has 2 aromatic carbocycles. The third kappa shape index (κ3) is 3.43. The number of nitro benzene ring substituents is 1. The lowest BCUT2D eigenvalue weighted by Crippen LogP contribution is -2.04. The Hall–Kier alpha value is -2.62. The first-order valence-electron chi connectivity index (χ1n) is 6.77. The van der Waals surface area contributed by atoms with Crippen molar-refractivity contribution in [3.63, 3.8) is 0 Å². The molecule has 0 unspecified atom stereocenters. The van der Waals surface area contributed by atoms with E-state index in [-0.39, 0.29) is 22.8 Å². The lowest BCUT2D eigenvalue weighted by Gasteiger charge is -2.09. The van der Waals surface area contributed by atoms with Gasteiger partial charge in [-0.2, -0.15) is 13.2 Å². The van der Waals surface area contributed by atoms with Crippen LogP contribution in [0.25, 0.3) is 11.0 Å². The summed E-state index contributed by atoms with van der Waals surface area (Å²) in [6.07, 6.45) is -4.48. The van der Waals surface area contributed by atoms with Gasteiger partial charge in [-0.15, -0.1) is 0 Å². The zero-order valence-corrected chi connectivity index (χ0v) is 13.8. The standard InChI is InChI=1S/C15H8BrF3N2O4/c16-7-11-10-5-12(21(22)23)14(6-13(10)25-20-11)24-9-3-1-8(2-4-9)15(17,18)19/h1-6H,7H2. The van der Waals surface area contributed by atoms with Crippen LogP contribution in [0.4, 0.5) is 18.9 Å². The average Bonchev–Trinajstić information content (AvgIpc) is 2.95. The number of fused-ring (bicyclic) bond motifs is 1. The highest BCUT2D eigenvalue weighted by atomic mass is 79.9. The second-order valence-corrected chi connectivity index (χ2v) is 5.52. The fourth-order valence-electron chi connectivity index (χ4n) is 2.16. The Kier molecular flexibility index (Phi) is 4.38. The van der Waals surface area contributed by atoms with E-state index >= 15 is 0 Å². The number of aromatic nitrogens is 1. The van der Waals surface area contributed by atoms with Crippen molar-refractivity contribution in [2.75, 3.05) is 0 Å². The SMILES string of the molecule is O=[N+]([O-])c1cc2c(CBr)noc2cc1Oc1ccc(C(F)(F)F)cc1. The topological polar surface area (TPSA) is 78.4 Å². The van der Waals surface area contributed by atoms with E-state index in [0.717, 1.165) is 24.3 Å². The molecule has 0 aliphatic carbocycles. The largest absolute Gasteiger partial charge is 0.450 e. The summed E-state index contributed by atoms with van der Waals surface area (Å²) in [5.41, 5.74) is -0.444. The van der Waals surface area contributed by atoms with Gasteiger partial charge >= 0.3 is 11.9 Å². The minimum atomic E-state index is -4.48. The van der Waals surface area contributed by atoms with Crippen molar-refractivity contribution in [1.82, 2.24) is 5.16 Å². The number of hydrogen-bond acceptors (Lipinski definition) is 5. The van der Waals surface area contributed by atoms with Crippen LogP contribution in [0.5, 0.6) is 11.5 Å². The van der Waals surface area contributed by atoms with E-state index in [9.17, 15) is 23.3 Å². The van der Waals surface area contributed by atoms with Crippen molar-refractivity contribution in [2.24, 2.45) is 0 Å². The predicted molar refractivity (Wildman–Crippen MR) is 84.8 cm³/mol. The molecule has 0 saturated heterocycles. The molecule has 25 heavy (non-hydrogen) atoms. The number of nitrogens with zero attached hydrogens (tertiary/aromatic N) is 2.